The van der Waals surface area contributed by atoms with E-state index in [1.54, 1.807) is 7.05 Å². The van der Waals surface area contributed by atoms with Crippen molar-refractivity contribution in [3.8, 4) is 6.07 Å². The van der Waals surface area contributed by atoms with Crippen LogP contribution in [0.15, 0.2) is 57.9 Å². The summed E-state index contributed by atoms with van der Waals surface area (Å²) in [7, 11) is 3.55. The van der Waals surface area contributed by atoms with Gasteiger partial charge in [-0.25, -0.2) is 4.39 Å². The van der Waals surface area contributed by atoms with Gasteiger partial charge in [-0.3, -0.25) is 4.99 Å². The zero-order chi connectivity index (χ0) is 18.5. The number of para-hydroxylation sites is 1. The molecule has 0 spiro atoms. The van der Waals surface area contributed by atoms with Gasteiger partial charge in [0.25, 0.3) is 0 Å². The summed E-state index contributed by atoms with van der Waals surface area (Å²) in [6.45, 7) is 0.758. The predicted octanol–water partition coefficient (Wildman–Crippen LogP) is 3.65. The summed E-state index contributed by atoms with van der Waals surface area (Å²) in [5.74, 6) is 1.06. The van der Waals surface area contributed by atoms with Gasteiger partial charge in [-0.05, 0) is 30.3 Å². The largest absolute Gasteiger partial charge is 0.459 e. The van der Waals surface area contributed by atoms with E-state index < -0.39 is 0 Å². The minimum Gasteiger partial charge on any atom is -0.459 e. The van der Waals surface area contributed by atoms with Crippen LogP contribution in [0.2, 0.25) is 0 Å². The fraction of sp³-hybridized carbons (Fsp3) is 0.200. The molecular weight excluding hydrogens is 331 g/mol. The summed E-state index contributed by atoms with van der Waals surface area (Å²) in [6, 6.07) is 16.1. The molecule has 0 saturated heterocycles. The topological polar surface area (TPSA) is 64.6 Å². The summed E-state index contributed by atoms with van der Waals surface area (Å²) in [6.07, 6.45) is 0. The van der Waals surface area contributed by atoms with Crippen LogP contribution < -0.4 is 5.32 Å². The van der Waals surface area contributed by atoms with Crippen LogP contribution in [0.25, 0.3) is 11.0 Å². The van der Waals surface area contributed by atoms with Crippen molar-refractivity contribution in [3.05, 3.63) is 71.2 Å². The number of benzene rings is 2. The number of rotatable bonds is 4. The molecule has 3 rings (SSSR count). The third-order valence-electron chi connectivity index (χ3n) is 4.05. The first-order chi connectivity index (χ1) is 12.6. The number of halogens is 1. The molecular formula is C20H19FN4O. The van der Waals surface area contributed by atoms with Crippen molar-refractivity contribution in [2.24, 2.45) is 4.99 Å². The van der Waals surface area contributed by atoms with E-state index in [0.717, 1.165) is 16.7 Å². The van der Waals surface area contributed by atoms with E-state index in [2.05, 4.69) is 10.3 Å². The molecule has 132 valence electrons. The molecule has 0 fully saturated rings. The zero-order valence-electron chi connectivity index (χ0n) is 14.7. The molecule has 2 aromatic carbocycles. The second-order valence-corrected chi connectivity index (χ2v) is 5.93. The average Bonchev–Trinajstić information content (AvgIpc) is 3.05. The smallest absolute Gasteiger partial charge is 0.194 e. The maximum atomic E-state index is 13.9. The van der Waals surface area contributed by atoms with Gasteiger partial charge in [-0.2, -0.15) is 5.26 Å². The van der Waals surface area contributed by atoms with Crippen LogP contribution in [0.5, 0.6) is 0 Å². The molecule has 1 heterocycles. The lowest BCUT2D eigenvalue weighted by atomic mass is 10.1. The number of nitrogens with one attached hydrogen (secondary N) is 1. The molecule has 0 radical (unpaired) electrons. The van der Waals surface area contributed by atoms with Gasteiger partial charge in [-0.1, -0.05) is 18.2 Å². The molecule has 3 aromatic rings. The highest BCUT2D eigenvalue weighted by molar-refractivity contribution is 5.80. The molecule has 0 unspecified atom stereocenters. The van der Waals surface area contributed by atoms with Crippen molar-refractivity contribution in [2.45, 2.75) is 13.1 Å². The Kier molecular flexibility index (Phi) is 5.18. The lowest BCUT2D eigenvalue weighted by Gasteiger charge is -2.21. The van der Waals surface area contributed by atoms with E-state index in [-0.39, 0.29) is 12.4 Å². The fourth-order valence-corrected chi connectivity index (χ4v) is 2.76. The van der Waals surface area contributed by atoms with Crippen LogP contribution in [0.4, 0.5) is 4.39 Å². The lowest BCUT2D eigenvalue weighted by molar-refractivity contribution is 0.412. The molecule has 1 N–H and O–H groups in total. The SMILES string of the molecule is CN=C(NCc1cc(C#N)ccc1F)N(C)Cc1cc2ccccc2o1. The van der Waals surface area contributed by atoms with E-state index in [9.17, 15) is 4.39 Å². The van der Waals surface area contributed by atoms with Crippen LogP contribution in [-0.2, 0) is 13.1 Å². The number of furan rings is 1. The van der Waals surface area contributed by atoms with Gasteiger partial charge in [-0.15, -0.1) is 0 Å². The highest BCUT2D eigenvalue weighted by atomic mass is 19.1. The molecule has 26 heavy (non-hydrogen) atoms. The second kappa shape index (κ2) is 7.70. The standard InChI is InChI=1S/C20H19FN4O/c1-23-20(24-12-16-9-14(11-22)7-8-18(16)21)25(2)13-17-10-15-5-3-4-6-19(15)26-17/h3-10H,12-13H2,1-2H3,(H,23,24). The minimum absolute atomic E-state index is 0.235. The van der Waals surface area contributed by atoms with Gasteiger partial charge in [0.15, 0.2) is 5.96 Å². The molecule has 0 aliphatic rings. The van der Waals surface area contributed by atoms with Crippen LogP contribution in [0, 0.1) is 17.1 Å². The van der Waals surface area contributed by atoms with Crippen molar-refractivity contribution in [1.29, 1.82) is 5.26 Å². The Morgan fingerprint density at radius 3 is 2.81 bits per heavy atom. The average molecular weight is 350 g/mol. The first-order valence-electron chi connectivity index (χ1n) is 8.18. The molecule has 1 aromatic heterocycles. The highest BCUT2D eigenvalue weighted by Gasteiger charge is 2.11. The minimum atomic E-state index is -0.355. The second-order valence-electron chi connectivity index (χ2n) is 5.93. The first-order valence-corrected chi connectivity index (χ1v) is 8.18. The van der Waals surface area contributed by atoms with E-state index in [4.69, 9.17) is 9.68 Å². The number of hydrogen-bond acceptors (Lipinski definition) is 3. The molecule has 0 bridgehead atoms. The number of fused-ring (bicyclic) bond motifs is 1. The van der Waals surface area contributed by atoms with Crippen LogP contribution in [0.3, 0.4) is 0 Å². The molecule has 6 heteroatoms. The summed E-state index contributed by atoms with van der Waals surface area (Å²) >= 11 is 0. The molecule has 0 saturated carbocycles. The van der Waals surface area contributed by atoms with Crippen molar-refractivity contribution in [1.82, 2.24) is 10.2 Å². The van der Waals surface area contributed by atoms with Crippen molar-refractivity contribution in [3.63, 3.8) is 0 Å². The molecule has 0 amide bonds. The Morgan fingerprint density at radius 1 is 1.27 bits per heavy atom. The van der Waals surface area contributed by atoms with E-state index in [1.165, 1.54) is 18.2 Å². The third kappa shape index (κ3) is 3.83. The van der Waals surface area contributed by atoms with Crippen molar-refractivity contribution >= 4 is 16.9 Å². The molecule has 5 nitrogen and oxygen atoms in total. The number of hydrogen-bond donors (Lipinski definition) is 1. The summed E-state index contributed by atoms with van der Waals surface area (Å²) in [4.78, 5) is 6.12. The van der Waals surface area contributed by atoms with Crippen LogP contribution in [-0.4, -0.2) is 25.0 Å². The number of nitriles is 1. The monoisotopic (exact) mass is 350 g/mol. The predicted molar refractivity (Wildman–Crippen MR) is 99.0 cm³/mol. The number of nitrogens with zero attached hydrogens (tertiary/aromatic N) is 3. The number of aliphatic imine (C=N–C) groups is 1. The summed E-state index contributed by atoms with van der Waals surface area (Å²) in [5.41, 5.74) is 1.69. The highest BCUT2D eigenvalue weighted by Crippen LogP contribution is 2.19. The van der Waals surface area contributed by atoms with Crippen LogP contribution in [0.1, 0.15) is 16.9 Å². The Balaban J connectivity index is 1.67. The lowest BCUT2D eigenvalue weighted by Crippen LogP contribution is -2.38. The van der Waals surface area contributed by atoms with Crippen molar-refractivity contribution < 1.29 is 8.81 Å². The molecule has 0 atom stereocenters. The third-order valence-corrected chi connectivity index (χ3v) is 4.05. The Hall–Kier alpha value is -3.33. The maximum Gasteiger partial charge on any atom is 0.194 e. The molecule has 0 aliphatic carbocycles. The van der Waals surface area contributed by atoms with E-state index in [0.29, 0.717) is 23.6 Å². The summed E-state index contributed by atoms with van der Waals surface area (Å²) in [5, 5.41) is 13.1. The van der Waals surface area contributed by atoms with Gasteiger partial charge in [0.05, 0.1) is 18.2 Å². The maximum absolute atomic E-state index is 13.9. The van der Waals surface area contributed by atoms with Gasteiger partial charge < -0.3 is 14.6 Å². The van der Waals surface area contributed by atoms with E-state index >= 15 is 0 Å². The number of guanidine groups is 1. The Bertz CT molecular complexity index is 954. The normalized spacial score (nSPS) is 11.4. The zero-order valence-corrected chi connectivity index (χ0v) is 14.7. The van der Waals surface area contributed by atoms with Gasteiger partial charge >= 0.3 is 0 Å². The van der Waals surface area contributed by atoms with Gasteiger partial charge in [0, 0.05) is 31.6 Å². The Labute approximate surface area is 151 Å². The fourth-order valence-electron chi connectivity index (χ4n) is 2.76. The van der Waals surface area contributed by atoms with Crippen LogP contribution >= 0.6 is 0 Å². The van der Waals surface area contributed by atoms with E-state index in [1.807, 2.05) is 48.3 Å². The molecule has 0 aliphatic heterocycles. The first kappa shape index (κ1) is 17.5. The van der Waals surface area contributed by atoms with Gasteiger partial charge in [0.1, 0.15) is 17.2 Å². The quantitative estimate of drug-likeness (QED) is 0.576. The van der Waals surface area contributed by atoms with Gasteiger partial charge in [0.2, 0.25) is 0 Å². The Morgan fingerprint density at radius 2 is 2.08 bits per heavy atom. The summed E-state index contributed by atoms with van der Waals surface area (Å²) < 4.78 is 19.7. The van der Waals surface area contributed by atoms with Crippen molar-refractivity contribution in [2.75, 3.05) is 14.1 Å².